The molecule has 118 valence electrons. The van der Waals surface area contributed by atoms with E-state index in [-0.39, 0.29) is 0 Å². The maximum atomic E-state index is 6.25. The van der Waals surface area contributed by atoms with Crippen molar-refractivity contribution in [3.05, 3.63) is 95.1 Å². The van der Waals surface area contributed by atoms with Gasteiger partial charge in [-0.3, -0.25) is 0 Å². The zero-order chi connectivity index (χ0) is 16.4. The Labute approximate surface area is 142 Å². The predicted octanol–water partition coefficient (Wildman–Crippen LogP) is 5.15. The van der Waals surface area contributed by atoms with Crippen LogP contribution in [0, 0.1) is 0 Å². The standard InChI is InChI=1S/C22H20N2/c23-20-15-22-19(14-21(24-22)17-9-5-2-6-10-17)13-18(20)12-11-16-7-3-1-4-8-16/h1-13,15,21,24H,14,23H2/b12-11+/t21-/m0/s1. The zero-order valence-corrected chi connectivity index (χ0v) is 13.4. The average molecular weight is 312 g/mol. The van der Waals surface area contributed by atoms with Crippen LogP contribution >= 0.6 is 0 Å². The van der Waals surface area contributed by atoms with E-state index in [2.05, 4.69) is 72.1 Å². The quantitative estimate of drug-likeness (QED) is 0.518. The van der Waals surface area contributed by atoms with Gasteiger partial charge in [0.05, 0.1) is 6.04 Å². The number of hydrogen-bond donors (Lipinski definition) is 2. The molecule has 0 fully saturated rings. The number of benzene rings is 3. The van der Waals surface area contributed by atoms with Gasteiger partial charge in [-0.2, -0.15) is 0 Å². The van der Waals surface area contributed by atoms with Gasteiger partial charge in [-0.1, -0.05) is 72.8 Å². The highest BCUT2D eigenvalue weighted by Crippen LogP contribution is 2.37. The first-order valence-corrected chi connectivity index (χ1v) is 8.26. The largest absolute Gasteiger partial charge is 0.398 e. The first kappa shape index (κ1) is 14.6. The third-order valence-electron chi connectivity index (χ3n) is 4.52. The fraction of sp³-hybridized carbons (Fsp3) is 0.0909. The number of anilines is 2. The van der Waals surface area contributed by atoms with E-state index in [9.17, 15) is 0 Å². The fourth-order valence-electron chi connectivity index (χ4n) is 3.22. The summed E-state index contributed by atoms with van der Waals surface area (Å²) in [7, 11) is 0. The van der Waals surface area contributed by atoms with Gasteiger partial charge in [0.15, 0.2) is 0 Å². The summed E-state index contributed by atoms with van der Waals surface area (Å²) in [6.45, 7) is 0. The van der Waals surface area contributed by atoms with E-state index in [0.29, 0.717) is 6.04 Å². The van der Waals surface area contributed by atoms with Gasteiger partial charge in [0, 0.05) is 11.4 Å². The molecule has 0 aromatic heterocycles. The van der Waals surface area contributed by atoms with Gasteiger partial charge in [0.25, 0.3) is 0 Å². The molecule has 3 aromatic rings. The predicted molar refractivity (Wildman–Crippen MR) is 103 cm³/mol. The van der Waals surface area contributed by atoms with Crippen LogP contribution in [0.25, 0.3) is 12.2 Å². The molecule has 2 heteroatoms. The normalized spacial score (nSPS) is 16.1. The molecule has 0 amide bonds. The van der Waals surface area contributed by atoms with E-state index < -0.39 is 0 Å². The lowest BCUT2D eigenvalue weighted by Gasteiger charge is -2.11. The Morgan fingerprint density at radius 3 is 2.33 bits per heavy atom. The highest BCUT2D eigenvalue weighted by molar-refractivity contribution is 5.79. The van der Waals surface area contributed by atoms with Gasteiger partial charge in [-0.15, -0.1) is 0 Å². The van der Waals surface area contributed by atoms with Crippen LogP contribution in [0.15, 0.2) is 72.8 Å². The van der Waals surface area contributed by atoms with Crippen LogP contribution in [0.2, 0.25) is 0 Å². The Kier molecular flexibility index (Phi) is 3.80. The molecule has 2 nitrogen and oxygen atoms in total. The molecule has 1 heterocycles. The second-order valence-electron chi connectivity index (χ2n) is 6.19. The van der Waals surface area contributed by atoms with Crippen molar-refractivity contribution in [2.75, 3.05) is 11.1 Å². The minimum atomic E-state index is 0.328. The van der Waals surface area contributed by atoms with Crippen molar-refractivity contribution in [1.29, 1.82) is 0 Å². The number of nitrogen functional groups attached to an aromatic ring is 1. The first-order valence-electron chi connectivity index (χ1n) is 8.26. The van der Waals surface area contributed by atoms with Crippen LogP contribution in [-0.4, -0.2) is 0 Å². The molecular weight excluding hydrogens is 292 g/mol. The lowest BCUT2D eigenvalue weighted by molar-refractivity contribution is 0.824. The van der Waals surface area contributed by atoms with Crippen molar-refractivity contribution in [3.8, 4) is 0 Å². The van der Waals surface area contributed by atoms with E-state index in [1.807, 2.05) is 18.2 Å². The smallest absolute Gasteiger partial charge is 0.0555 e. The second-order valence-corrected chi connectivity index (χ2v) is 6.19. The van der Waals surface area contributed by atoms with Gasteiger partial charge < -0.3 is 11.1 Å². The lowest BCUT2D eigenvalue weighted by atomic mass is 10.0. The van der Waals surface area contributed by atoms with E-state index in [1.54, 1.807) is 0 Å². The number of nitrogens with two attached hydrogens (primary N) is 1. The zero-order valence-electron chi connectivity index (χ0n) is 13.4. The molecule has 1 atom stereocenters. The average Bonchev–Trinajstić information content (AvgIpc) is 3.04. The van der Waals surface area contributed by atoms with Crippen LogP contribution in [0.3, 0.4) is 0 Å². The van der Waals surface area contributed by atoms with Crippen LogP contribution < -0.4 is 11.1 Å². The number of fused-ring (bicyclic) bond motifs is 1. The second kappa shape index (κ2) is 6.25. The summed E-state index contributed by atoms with van der Waals surface area (Å²) in [6.07, 6.45) is 5.20. The molecule has 0 bridgehead atoms. The molecule has 0 spiro atoms. The van der Waals surface area contributed by atoms with Crippen LogP contribution in [0.4, 0.5) is 11.4 Å². The van der Waals surface area contributed by atoms with Gasteiger partial charge in [0.2, 0.25) is 0 Å². The van der Waals surface area contributed by atoms with E-state index in [0.717, 1.165) is 23.4 Å². The summed E-state index contributed by atoms with van der Waals surface area (Å²) in [6, 6.07) is 25.4. The molecule has 3 aromatic carbocycles. The molecule has 0 radical (unpaired) electrons. The summed E-state index contributed by atoms with van der Waals surface area (Å²) in [5.41, 5.74) is 13.1. The van der Waals surface area contributed by atoms with Gasteiger partial charge in [-0.05, 0) is 40.8 Å². The molecule has 0 unspecified atom stereocenters. The SMILES string of the molecule is Nc1cc2c(cc1/C=C/c1ccccc1)C[C@@H](c1ccccc1)N2. The minimum Gasteiger partial charge on any atom is -0.398 e. The summed E-state index contributed by atoms with van der Waals surface area (Å²) < 4.78 is 0. The maximum Gasteiger partial charge on any atom is 0.0555 e. The van der Waals surface area contributed by atoms with Gasteiger partial charge >= 0.3 is 0 Å². The van der Waals surface area contributed by atoms with Gasteiger partial charge in [-0.25, -0.2) is 0 Å². The van der Waals surface area contributed by atoms with Gasteiger partial charge in [0.1, 0.15) is 0 Å². The maximum absolute atomic E-state index is 6.25. The van der Waals surface area contributed by atoms with Crippen molar-refractivity contribution < 1.29 is 0 Å². The summed E-state index contributed by atoms with van der Waals surface area (Å²) >= 11 is 0. The highest BCUT2D eigenvalue weighted by Gasteiger charge is 2.22. The van der Waals surface area contributed by atoms with Crippen molar-refractivity contribution >= 4 is 23.5 Å². The monoisotopic (exact) mass is 312 g/mol. The van der Waals surface area contributed by atoms with E-state index in [1.165, 1.54) is 16.7 Å². The summed E-state index contributed by atoms with van der Waals surface area (Å²) in [5, 5.41) is 3.59. The molecule has 1 aliphatic heterocycles. The minimum absolute atomic E-state index is 0.328. The molecule has 0 saturated heterocycles. The Morgan fingerprint density at radius 2 is 1.58 bits per heavy atom. The van der Waals surface area contributed by atoms with E-state index >= 15 is 0 Å². The van der Waals surface area contributed by atoms with Crippen LogP contribution in [0.1, 0.15) is 28.3 Å². The molecule has 0 saturated carbocycles. The van der Waals surface area contributed by atoms with Crippen LogP contribution in [-0.2, 0) is 6.42 Å². The summed E-state index contributed by atoms with van der Waals surface area (Å²) in [4.78, 5) is 0. The number of nitrogens with one attached hydrogen (secondary N) is 1. The Hall–Kier alpha value is -3.00. The van der Waals surface area contributed by atoms with Crippen molar-refractivity contribution in [3.63, 3.8) is 0 Å². The number of hydrogen-bond acceptors (Lipinski definition) is 2. The first-order chi connectivity index (χ1) is 11.8. The lowest BCUT2D eigenvalue weighted by Crippen LogP contribution is -2.04. The molecule has 3 N–H and O–H groups in total. The third kappa shape index (κ3) is 2.91. The summed E-state index contributed by atoms with van der Waals surface area (Å²) in [5.74, 6) is 0. The third-order valence-corrected chi connectivity index (χ3v) is 4.52. The molecule has 24 heavy (non-hydrogen) atoms. The fourth-order valence-corrected chi connectivity index (χ4v) is 3.22. The van der Waals surface area contributed by atoms with Crippen LogP contribution in [0.5, 0.6) is 0 Å². The van der Waals surface area contributed by atoms with Crippen molar-refractivity contribution in [2.24, 2.45) is 0 Å². The van der Waals surface area contributed by atoms with Crippen molar-refractivity contribution in [2.45, 2.75) is 12.5 Å². The Bertz CT molecular complexity index is 867. The molecule has 4 rings (SSSR count). The Morgan fingerprint density at radius 1 is 0.875 bits per heavy atom. The van der Waals surface area contributed by atoms with Crippen molar-refractivity contribution in [1.82, 2.24) is 0 Å². The highest BCUT2D eigenvalue weighted by atomic mass is 15.0. The number of rotatable bonds is 3. The molecule has 0 aliphatic carbocycles. The van der Waals surface area contributed by atoms with E-state index in [4.69, 9.17) is 5.73 Å². The molecular formula is C22H20N2. The topological polar surface area (TPSA) is 38.0 Å². The molecule has 1 aliphatic rings. The Balaban J connectivity index is 1.60.